The highest BCUT2D eigenvalue weighted by atomic mass is 16.2. The van der Waals surface area contributed by atoms with E-state index in [1.807, 2.05) is 94.2 Å². The molecule has 2 amide bonds. The lowest BCUT2D eigenvalue weighted by atomic mass is 10.2. The molecule has 1 N–H and O–H groups in total. The van der Waals surface area contributed by atoms with Gasteiger partial charge < -0.3 is 15.1 Å². The van der Waals surface area contributed by atoms with Crippen LogP contribution in [0.2, 0.25) is 0 Å². The number of anilines is 2. The van der Waals surface area contributed by atoms with Gasteiger partial charge in [-0.05, 0) is 31.2 Å². The molecule has 0 radical (unpaired) electrons. The van der Waals surface area contributed by atoms with Crippen molar-refractivity contribution >= 4 is 34.2 Å². The van der Waals surface area contributed by atoms with Gasteiger partial charge in [0, 0.05) is 42.3 Å². The topological polar surface area (TPSA) is 78.7 Å². The number of hydrogen-bond acceptors (Lipinski definition) is 5. The zero-order chi connectivity index (χ0) is 23.8. The highest BCUT2D eigenvalue weighted by Crippen LogP contribution is 2.29. The second-order valence-electron chi connectivity index (χ2n) is 8.76. The number of carbonyl (C=O) groups excluding carboxylic acids is 1. The summed E-state index contributed by atoms with van der Waals surface area (Å²) in [5.41, 5.74) is 3.43. The van der Waals surface area contributed by atoms with Crippen LogP contribution >= 0.6 is 0 Å². The molecule has 0 aliphatic carbocycles. The second-order valence-corrected chi connectivity index (χ2v) is 8.76. The number of urea groups is 1. The molecule has 1 aliphatic heterocycles. The van der Waals surface area contributed by atoms with Gasteiger partial charge in [0.2, 0.25) is 5.95 Å². The Hall–Kier alpha value is -4.46. The van der Waals surface area contributed by atoms with E-state index in [-0.39, 0.29) is 12.1 Å². The van der Waals surface area contributed by atoms with Crippen LogP contribution in [0.3, 0.4) is 0 Å². The molecule has 0 saturated carbocycles. The van der Waals surface area contributed by atoms with E-state index in [1.165, 1.54) is 0 Å². The van der Waals surface area contributed by atoms with E-state index in [1.54, 1.807) is 0 Å². The smallest absolute Gasteiger partial charge is 0.322 e. The fourth-order valence-corrected chi connectivity index (χ4v) is 4.71. The summed E-state index contributed by atoms with van der Waals surface area (Å²) < 4.78 is 2.05. The van der Waals surface area contributed by atoms with Crippen molar-refractivity contribution in [2.24, 2.45) is 0 Å². The number of rotatable bonds is 3. The van der Waals surface area contributed by atoms with Gasteiger partial charge in [-0.3, -0.25) is 0 Å². The van der Waals surface area contributed by atoms with Gasteiger partial charge in [0.05, 0.1) is 5.52 Å². The van der Waals surface area contributed by atoms with Crippen LogP contribution in [0.5, 0.6) is 0 Å². The van der Waals surface area contributed by atoms with Crippen LogP contribution in [0.4, 0.5) is 16.4 Å². The molecule has 35 heavy (non-hydrogen) atoms. The fourth-order valence-electron chi connectivity index (χ4n) is 4.71. The molecule has 1 atom stereocenters. The molecule has 0 unspecified atom stereocenters. The summed E-state index contributed by atoms with van der Waals surface area (Å²) in [5.74, 6) is 1.54. The first-order chi connectivity index (χ1) is 17.2. The van der Waals surface area contributed by atoms with Gasteiger partial charge in [-0.2, -0.15) is 0 Å². The van der Waals surface area contributed by atoms with Crippen LogP contribution in [-0.4, -0.2) is 56.2 Å². The van der Waals surface area contributed by atoms with Crippen molar-refractivity contribution in [3.63, 3.8) is 0 Å². The summed E-state index contributed by atoms with van der Waals surface area (Å²) in [4.78, 5) is 22.1. The summed E-state index contributed by atoms with van der Waals surface area (Å²) in [6.45, 7) is 3.95. The molecule has 1 aliphatic rings. The Bertz CT molecular complexity index is 1500. The summed E-state index contributed by atoms with van der Waals surface area (Å²) in [5, 5.41) is 13.1. The van der Waals surface area contributed by atoms with E-state index >= 15 is 0 Å². The average molecular weight is 464 g/mol. The van der Waals surface area contributed by atoms with E-state index < -0.39 is 0 Å². The minimum absolute atomic E-state index is 0.00700. The van der Waals surface area contributed by atoms with Crippen LogP contribution in [0.1, 0.15) is 6.92 Å². The largest absolute Gasteiger partial charge is 0.338 e. The Morgan fingerprint density at radius 1 is 0.886 bits per heavy atom. The standard InChI is InChI=1S/C27H25N7O/c1-19-18-32(16-17-33(19)27(35)28-21-12-6-3-7-13-21)26-29-23-15-9-8-14-22(23)25-31-30-24(34(25)26)20-10-4-2-5-11-20/h2-15,19H,16-18H2,1H3,(H,28,35)/t19-/m1/s1. The lowest BCUT2D eigenvalue weighted by Crippen LogP contribution is -2.55. The third-order valence-corrected chi connectivity index (χ3v) is 6.46. The zero-order valence-corrected chi connectivity index (χ0v) is 19.4. The normalized spacial score (nSPS) is 16.1. The molecule has 8 heteroatoms. The third-order valence-electron chi connectivity index (χ3n) is 6.46. The van der Waals surface area contributed by atoms with E-state index in [0.29, 0.717) is 19.6 Å². The summed E-state index contributed by atoms with van der Waals surface area (Å²) >= 11 is 0. The van der Waals surface area contributed by atoms with E-state index in [4.69, 9.17) is 4.98 Å². The van der Waals surface area contributed by atoms with Crippen molar-refractivity contribution in [1.82, 2.24) is 24.5 Å². The quantitative estimate of drug-likeness (QED) is 0.420. The molecule has 1 saturated heterocycles. The van der Waals surface area contributed by atoms with Crippen LogP contribution in [0.25, 0.3) is 27.9 Å². The highest BCUT2D eigenvalue weighted by Gasteiger charge is 2.30. The maximum Gasteiger partial charge on any atom is 0.322 e. The van der Waals surface area contributed by atoms with Crippen molar-refractivity contribution < 1.29 is 4.79 Å². The lowest BCUT2D eigenvalue weighted by Gasteiger charge is -2.40. The molecular weight excluding hydrogens is 438 g/mol. The van der Waals surface area contributed by atoms with Gasteiger partial charge >= 0.3 is 6.03 Å². The van der Waals surface area contributed by atoms with Gasteiger partial charge in [-0.15, -0.1) is 10.2 Å². The number of nitrogens with zero attached hydrogens (tertiary/aromatic N) is 6. The lowest BCUT2D eigenvalue weighted by molar-refractivity contribution is 0.184. The maximum absolute atomic E-state index is 13.0. The third kappa shape index (κ3) is 3.82. The first-order valence-electron chi connectivity index (χ1n) is 11.8. The van der Waals surface area contributed by atoms with Gasteiger partial charge in [0.25, 0.3) is 0 Å². The van der Waals surface area contributed by atoms with Crippen molar-refractivity contribution in [3.8, 4) is 11.4 Å². The Labute approximate surface area is 202 Å². The first-order valence-corrected chi connectivity index (χ1v) is 11.8. The number of amides is 2. The molecule has 3 aromatic carbocycles. The van der Waals surface area contributed by atoms with Gasteiger partial charge in [0.15, 0.2) is 11.5 Å². The Balaban J connectivity index is 1.36. The van der Waals surface area contributed by atoms with Crippen LogP contribution < -0.4 is 10.2 Å². The Morgan fingerprint density at radius 2 is 1.60 bits per heavy atom. The van der Waals surface area contributed by atoms with Crippen molar-refractivity contribution in [3.05, 3.63) is 84.9 Å². The highest BCUT2D eigenvalue weighted by molar-refractivity contribution is 5.93. The number of para-hydroxylation sites is 2. The zero-order valence-electron chi connectivity index (χ0n) is 19.4. The number of piperazine rings is 1. The van der Waals surface area contributed by atoms with Crippen LogP contribution in [-0.2, 0) is 0 Å². The number of hydrogen-bond donors (Lipinski definition) is 1. The van der Waals surface area contributed by atoms with Crippen molar-refractivity contribution in [1.29, 1.82) is 0 Å². The Kier molecular flexibility index (Phi) is 5.25. The number of nitrogens with one attached hydrogen (secondary N) is 1. The van der Waals surface area contributed by atoms with Gasteiger partial charge in [-0.25, -0.2) is 14.2 Å². The number of carbonyl (C=O) groups is 1. The first kappa shape index (κ1) is 21.1. The van der Waals surface area contributed by atoms with Crippen molar-refractivity contribution in [2.45, 2.75) is 13.0 Å². The molecule has 0 bridgehead atoms. The molecule has 174 valence electrons. The van der Waals surface area contributed by atoms with Crippen molar-refractivity contribution in [2.75, 3.05) is 29.9 Å². The average Bonchev–Trinajstić information content (AvgIpc) is 3.35. The van der Waals surface area contributed by atoms with Crippen LogP contribution in [0.15, 0.2) is 84.9 Å². The van der Waals surface area contributed by atoms with Gasteiger partial charge in [-0.1, -0.05) is 60.7 Å². The molecule has 2 aromatic heterocycles. The number of aromatic nitrogens is 4. The van der Waals surface area contributed by atoms with E-state index in [9.17, 15) is 4.79 Å². The number of benzene rings is 3. The number of fused-ring (bicyclic) bond motifs is 3. The van der Waals surface area contributed by atoms with Gasteiger partial charge in [0.1, 0.15) is 0 Å². The fraction of sp³-hybridized carbons (Fsp3) is 0.185. The SMILES string of the molecule is C[C@@H]1CN(c2nc3ccccc3c3nnc(-c4ccccc4)n23)CCN1C(=O)Nc1ccccc1. The summed E-state index contributed by atoms with van der Waals surface area (Å²) in [6, 6.07) is 27.5. The minimum Gasteiger partial charge on any atom is -0.338 e. The predicted molar refractivity (Wildman–Crippen MR) is 138 cm³/mol. The molecular formula is C27H25N7O. The maximum atomic E-state index is 13.0. The molecule has 5 aromatic rings. The molecule has 6 rings (SSSR count). The predicted octanol–water partition coefficient (Wildman–Crippen LogP) is 4.69. The van der Waals surface area contributed by atoms with E-state index in [2.05, 4.69) is 27.3 Å². The van der Waals surface area contributed by atoms with E-state index in [0.717, 1.165) is 39.6 Å². The minimum atomic E-state index is -0.0887. The summed E-state index contributed by atoms with van der Waals surface area (Å²) in [7, 11) is 0. The van der Waals surface area contributed by atoms with Crippen LogP contribution in [0, 0.1) is 0 Å². The second kappa shape index (κ2) is 8.72. The monoisotopic (exact) mass is 463 g/mol. The summed E-state index contributed by atoms with van der Waals surface area (Å²) in [6.07, 6.45) is 0. The molecule has 0 spiro atoms. The Morgan fingerprint density at radius 3 is 2.37 bits per heavy atom. The molecule has 8 nitrogen and oxygen atoms in total. The molecule has 3 heterocycles. The molecule has 1 fully saturated rings.